The molecule has 0 saturated carbocycles. The van der Waals surface area contributed by atoms with Crippen molar-refractivity contribution in [1.29, 1.82) is 0 Å². The summed E-state index contributed by atoms with van der Waals surface area (Å²) in [4.78, 5) is 13.8. The van der Waals surface area contributed by atoms with E-state index in [1.807, 2.05) is 6.92 Å². The Bertz CT molecular complexity index is 573. The fraction of sp³-hybridized carbons (Fsp3) is 0.500. The molecule has 24 heavy (non-hydrogen) atoms. The molecule has 1 N–H and O–H groups in total. The van der Waals surface area contributed by atoms with E-state index in [1.165, 1.54) is 6.08 Å². The van der Waals surface area contributed by atoms with Crippen molar-refractivity contribution in [2.75, 3.05) is 13.1 Å². The molecule has 0 spiro atoms. The SMILES string of the molecule is C/C=C/C(=O)NC1CCN(C(C)c2ccc(C(F)(F)F)cc2)CC1. The van der Waals surface area contributed by atoms with Gasteiger partial charge in [-0.15, -0.1) is 0 Å². The van der Waals surface area contributed by atoms with Gasteiger partial charge in [0, 0.05) is 25.2 Å². The van der Waals surface area contributed by atoms with E-state index in [0.717, 1.165) is 43.6 Å². The van der Waals surface area contributed by atoms with Gasteiger partial charge in [-0.1, -0.05) is 18.2 Å². The first-order valence-electron chi connectivity index (χ1n) is 8.15. The minimum absolute atomic E-state index is 0.0551. The molecule has 1 aliphatic rings. The van der Waals surface area contributed by atoms with Crippen LogP contribution in [0.5, 0.6) is 0 Å². The van der Waals surface area contributed by atoms with Crippen molar-refractivity contribution in [3.05, 3.63) is 47.5 Å². The Labute approximate surface area is 140 Å². The number of allylic oxidation sites excluding steroid dienone is 1. The highest BCUT2D eigenvalue weighted by atomic mass is 19.4. The van der Waals surface area contributed by atoms with Crippen LogP contribution in [0, 0.1) is 0 Å². The van der Waals surface area contributed by atoms with Crippen LogP contribution in [0.15, 0.2) is 36.4 Å². The average molecular weight is 340 g/mol. The first kappa shape index (κ1) is 18.5. The van der Waals surface area contributed by atoms with E-state index in [2.05, 4.69) is 10.2 Å². The van der Waals surface area contributed by atoms with Crippen LogP contribution in [0.3, 0.4) is 0 Å². The van der Waals surface area contributed by atoms with Gasteiger partial charge in [0.1, 0.15) is 0 Å². The third kappa shape index (κ3) is 4.84. The molecule has 132 valence electrons. The van der Waals surface area contributed by atoms with Crippen LogP contribution in [0.1, 0.15) is 43.9 Å². The lowest BCUT2D eigenvalue weighted by atomic mass is 9.99. The fourth-order valence-electron chi connectivity index (χ4n) is 2.99. The summed E-state index contributed by atoms with van der Waals surface area (Å²) in [5, 5.41) is 2.97. The lowest BCUT2D eigenvalue weighted by Gasteiger charge is -2.36. The lowest BCUT2D eigenvalue weighted by molar-refractivity contribution is -0.137. The molecule has 0 bridgehead atoms. The topological polar surface area (TPSA) is 32.3 Å². The van der Waals surface area contributed by atoms with Crippen LogP contribution < -0.4 is 5.32 Å². The number of amides is 1. The molecule has 1 fully saturated rings. The number of hydrogen-bond donors (Lipinski definition) is 1. The van der Waals surface area contributed by atoms with Gasteiger partial charge < -0.3 is 5.32 Å². The predicted molar refractivity (Wildman–Crippen MR) is 87.4 cm³/mol. The Hall–Kier alpha value is -1.82. The maximum absolute atomic E-state index is 12.6. The number of nitrogens with zero attached hydrogens (tertiary/aromatic N) is 1. The first-order valence-corrected chi connectivity index (χ1v) is 8.15. The van der Waals surface area contributed by atoms with Crippen LogP contribution in [0.25, 0.3) is 0 Å². The normalized spacial score (nSPS) is 18.7. The van der Waals surface area contributed by atoms with Crippen molar-refractivity contribution in [2.24, 2.45) is 0 Å². The zero-order valence-corrected chi connectivity index (χ0v) is 13.9. The van der Waals surface area contributed by atoms with E-state index in [9.17, 15) is 18.0 Å². The van der Waals surface area contributed by atoms with Gasteiger partial charge in [-0.05, 0) is 50.5 Å². The molecule has 1 unspecified atom stereocenters. The van der Waals surface area contributed by atoms with E-state index in [0.29, 0.717) is 0 Å². The second kappa shape index (κ2) is 7.83. The molecule has 1 aliphatic heterocycles. The summed E-state index contributed by atoms with van der Waals surface area (Å²) in [5.74, 6) is -0.0771. The van der Waals surface area contributed by atoms with Crippen LogP contribution in [0.2, 0.25) is 0 Å². The van der Waals surface area contributed by atoms with Crippen molar-refractivity contribution in [3.8, 4) is 0 Å². The van der Waals surface area contributed by atoms with Gasteiger partial charge in [-0.25, -0.2) is 0 Å². The molecule has 6 heteroatoms. The van der Waals surface area contributed by atoms with E-state index in [-0.39, 0.29) is 18.0 Å². The van der Waals surface area contributed by atoms with Gasteiger partial charge in [0.2, 0.25) is 5.91 Å². The van der Waals surface area contributed by atoms with Crippen LogP contribution >= 0.6 is 0 Å². The average Bonchev–Trinajstić information content (AvgIpc) is 2.54. The van der Waals surface area contributed by atoms with Crippen molar-refractivity contribution >= 4 is 5.91 Å². The maximum Gasteiger partial charge on any atom is 0.416 e. The zero-order valence-electron chi connectivity index (χ0n) is 13.9. The van der Waals surface area contributed by atoms with Gasteiger partial charge >= 0.3 is 6.18 Å². The van der Waals surface area contributed by atoms with E-state index in [1.54, 1.807) is 25.1 Å². The summed E-state index contributed by atoms with van der Waals surface area (Å²) >= 11 is 0. The summed E-state index contributed by atoms with van der Waals surface area (Å²) in [6.07, 6.45) is 0.599. The predicted octanol–water partition coefficient (Wildman–Crippen LogP) is 3.92. The van der Waals surface area contributed by atoms with Crippen LogP contribution in [0.4, 0.5) is 13.2 Å². The Morgan fingerprint density at radius 3 is 2.33 bits per heavy atom. The summed E-state index contributed by atoms with van der Waals surface area (Å²) in [6.45, 7) is 5.42. The van der Waals surface area contributed by atoms with Crippen molar-refractivity contribution in [2.45, 2.75) is 44.9 Å². The van der Waals surface area contributed by atoms with Crippen LogP contribution in [-0.2, 0) is 11.0 Å². The molecule has 1 aromatic carbocycles. The number of likely N-dealkylation sites (tertiary alicyclic amines) is 1. The summed E-state index contributed by atoms with van der Waals surface area (Å²) in [6, 6.07) is 5.58. The van der Waals surface area contributed by atoms with Crippen molar-refractivity contribution < 1.29 is 18.0 Å². The Balaban J connectivity index is 1.90. The number of halogens is 3. The van der Waals surface area contributed by atoms with Gasteiger partial charge in [0.15, 0.2) is 0 Å². The molecule has 3 nitrogen and oxygen atoms in total. The number of carbonyl (C=O) groups excluding carboxylic acids is 1. The Morgan fingerprint density at radius 2 is 1.83 bits per heavy atom. The molecule has 0 radical (unpaired) electrons. The number of benzene rings is 1. The number of carbonyl (C=O) groups is 1. The highest BCUT2D eigenvalue weighted by molar-refractivity contribution is 5.87. The van der Waals surface area contributed by atoms with E-state index >= 15 is 0 Å². The molecule has 1 aromatic rings. The molecule has 2 rings (SSSR count). The van der Waals surface area contributed by atoms with Gasteiger partial charge in [0.05, 0.1) is 5.56 Å². The number of nitrogens with one attached hydrogen (secondary N) is 1. The molecular weight excluding hydrogens is 317 g/mol. The monoisotopic (exact) mass is 340 g/mol. The summed E-state index contributed by atoms with van der Waals surface area (Å²) in [5.41, 5.74) is 0.253. The molecule has 0 aliphatic carbocycles. The maximum atomic E-state index is 12.6. The number of piperidine rings is 1. The Kier molecular flexibility index (Phi) is 6.04. The quantitative estimate of drug-likeness (QED) is 0.843. The minimum atomic E-state index is -4.30. The fourth-order valence-corrected chi connectivity index (χ4v) is 2.99. The molecule has 0 aromatic heterocycles. The van der Waals surface area contributed by atoms with Gasteiger partial charge in [-0.3, -0.25) is 9.69 Å². The molecular formula is C18H23F3N2O. The van der Waals surface area contributed by atoms with Gasteiger partial charge in [-0.2, -0.15) is 13.2 Å². The van der Waals surface area contributed by atoms with Crippen LogP contribution in [-0.4, -0.2) is 29.9 Å². The third-order valence-corrected chi connectivity index (χ3v) is 4.46. The third-order valence-electron chi connectivity index (χ3n) is 4.46. The lowest BCUT2D eigenvalue weighted by Crippen LogP contribution is -2.44. The van der Waals surface area contributed by atoms with Gasteiger partial charge in [0.25, 0.3) is 0 Å². The van der Waals surface area contributed by atoms with Crippen molar-refractivity contribution in [3.63, 3.8) is 0 Å². The molecule has 1 atom stereocenters. The number of hydrogen-bond acceptors (Lipinski definition) is 2. The smallest absolute Gasteiger partial charge is 0.350 e. The van der Waals surface area contributed by atoms with Crippen molar-refractivity contribution in [1.82, 2.24) is 10.2 Å². The molecule has 1 heterocycles. The second-order valence-corrected chi connectivity index (χ2v) is 6.11. The zero-order chi connectivity index (χ0) is 17.7. The largest absolute Gasteiger partial charge is 0.416 e. The number of rotatable bonds is 4. The Morgan fingerprint density at radius 1 is 1.25 bits per heavy atom. The second-order valence-electron chi connectivity index (χ2n) is 6.11. The minimum Gasteiger partial charge on any atom is -0.350 e. The molecule has 1 amide bonds. The summed E-state index contributed by atoms with van der Waals surface area (Å²) in [7, 11) is 0. The first-order chi connectivity index (χ1) is 11.3. The number of alkyl halides is 3. The highest BCUT2D eigenvalue weighted by Gasteiger charge is 2.30. The standard InChI is InChI=1S/C18H23F3N2O/c1-3-4-17(24)22-16-9-11-23(12-10-16)13(2)14-5-7-15(8-6-14)18(19,20)21/h3-8,13,16H,9-12H2,1-2H3,(H,22,24)/b4-3+. The molecule has 1 saturated heterocycles. The highest BCUT2D eigenvalue weighted by Crippen LogP contribution is 2.31. The van der Waals surface area contributed by atoms with E-state index in [4.69, 9.17) is 0 Å². The van der Waals surface area contributed by atoms with E-state index < -0.39 is 11.7 Å². The summed E-state index contributed by atoms with van der Waals surface area (Å²) < 4.78 is 37.9.